The second-order valence-electron chi connectivity index (χ2n) is 22.0. The minimum Gasteiger partial charge on any atom is -0.446 e. The Labute approximate surface area is 457 Å². The third kappa shape index (κ3) is 9.76. The van der Waals surface area contributed by atoms with Crippen molar-refractivity contribution in [1.29, 1.82) is 0 Å². The molecule has 0 aliphatic carbocycles. The van der Waals surface area contributed by atoms with E-state index in [4.69, 9.17) is 32.7 Å². The van der Waals surface area contributed by atoms with Crippen LogP contribution in [0.25, 0.3) is 0 Å². The van der Waals surface area contributed by atoms with Crippen LogP contribution in [0.2, 0.25) is 10.0 Å². The van der Waals surface area contributed by atoms with Gasteiger partial charge in [0.15, 0.2) is 0 Å². The second-order valence-corrected chi connectivity index (χ2v) is 22.8. The van der Waals surface area contributed by atoms with Gasteiger partial charge in [0.1, 0.15) is 22.0 Å². The van der Waals surface area contributed by atoms with Gasteiger partial charge in [0.2, 0.25) is 11.8 Å². The van der Waals surface area contributed by atoms with Crippen molar-refractivity contribution < 1.29 is 28.7 Å². The molecule has 0 N–H and O–H groups in total. The van der Waals surface area contributed by atoms with E-state index in [1.807, 2.05) is 107 Å². The van der Waals surface area contributed by atoms with Gasteiger partial charge in [-0.05, 0) is 85.3 Å². The Morgan fingerprint density at radius 3 is 0.987 bits per heavy atom. The molecule has 4 heterocycles. The zero-order valence-corrected chi connectivity index (χ0v) is 45.5. The van der Waals surface area contributed by atoms with Crippen molar-refractivity contribution in [3.05, 3.63) is 213 Å². The highest BCUT2D eigenvalue weighted by Crippen LogP contribution is 2.50. The van der Waals surface area contributed by atoms with Crippen molar-refractivity contribution in [3.8, 4) is 0 Å². The third-order valence-electron chi connectivity index (χ3n) is 17.2. The van der Waals surface area contributed by atoms with E-state index in [-0.39, 0.29) is 35.7 Å². The van der Waals surface area contributed by atoms with Gasteiger partial charge in [0.05, 0.1) is 0 Å². The number of hydrogen-bond donors (Lipinski definition) is 0. The Bertz CT molecular complexity index is 2700. The number of hydrogen-bond acceptors (Lipinski definition) is 8. The molecule has 394 valence electrons. The van der Waals surface area contributed by atoms with Gasteiger partial charge >= 0.3 is 11.9 Å². The van der Waals surface area contributed by atoms with Crippen LogP contribution in [-0.2, 0) is 50.7 Å². The molecular weight excluding hydrogens is 992 g/mol. The summed E-state index contributed by atoms with van der Waals surface area (Å²) in [7, 11) is 0. The van der Waals surface area contributed by atoms with E-state index in [9.17, 15) is 19.2 Å². The van der Waals surface area contributed by atoms with Crippen molar-refractivity contribution in [2.75, 3.05) is 52.4 Å². The third-order valence-corrected chi connectivity index (χ3v) is 17.7. The molecule has 6 aromatic rings. The lowest BCUT2D eigenvalue weighted by Crippen LogP contribution is -2.51. The Morgan fingerprint density at radius 1 is 0.447 bits per heavy atom. The van der Waals surface area contributed by atoms with Gasteiger partial charge in [-0.1, -0.05) is 169 Å². The van der Waals surface area contributed by atoms with Gasteiger partial charge in [-0.2, -0.15) is 0 Å². The predicted molar refractivity (Wildman–Crippen MR) is 298 cm³/mol. The Kier molecular flexibility index (Phi) is 15.4. The summed E-state index contributed by atoms with van der Waals surface area (Å²) < 4.78 is 13.0. The summed E-state index contributed by atoms with van der Waals surface area (Å²) in [6.45, 7) is 12.9. The number of benzene rings is 6. The van der Waals surface area contributed by atoms with E-state index in [0.29, 0.717) is 88.1 Å². The lowest BCUT2D eigenvalue weighted by Gasteiger charge is -2.44. The number of esters is 2. The van der Waals surface area contributed by atoms with Crippen LogP contribution in [-0.4, -0.2) is 108 Å². The number of amides is 2. The molecule has 0 aromatic heterocycles. The molecule has 0 saturated carbocycles. The first-order valence-electron chi connectivity index (χ1n) is 27.0. The zero-order chi connectivity index (χ0) is 53.2. The molecule has 0 spiro atoms. The summed E-state index contributed by atoms with van der Waals surface area (Å²) in [6, 6.07) is 55.2. The standard InChI is InChI=1S/C64H68Cl2N4O6/c1-45(2)69-43-53(63(59(69)73,49-17-9-5-10-18-49)50-19-11-6-12-20-50)41-67-37-33-61(34-38-67,47-25-29-55(65)30-26-47)75-57(71)58(72)76-62(48-27-31-56(66)32-28-48)35-39-68(40-36-62)42-54-44-70(46(3)4)60(74)64(54,51-21-13-7-14-22-51)52-23-15-8-16-24-52/h5-32,45-46,53-54H,33-44H2,1-4H3. The number of carbonyl (C=O) groups excluding carboxylic acids is 4. The van der Waals surface area contributed by atoms with Crippen LogP contribution in [0, 0.1) is 11.8 Å². The highest BCUT2D eigenvalue weighted by atomic mass is 35.5. The molecule has 10 nitrogen and oxygen atoms in total. The van der Waals surface area contributed by atoms with Gasteiger partial charge < -0.3 is 29.1 Å². The topological polar surface area (TPSA) is 99.7 Å². The fraction of sp³-hybridized carbons (Fsp3) is 0.375. The lowest BCUT2D eigenvalue weighted by molar-refractivity contribution is -0.193. The molecule has 4 aliphatic rings. The van der Waals surface area contributed by atoms with Crippen molar-refractivity contribution in [3.63, 3.8) is 0 Å². The number of piperidine rings is 2. The molecule has 2 amide bonds. The van der Waals surface area contributed by atoms with Crippen LogP contribution >= 0.6 is 23.2 Å². The number of halogens is 2. The largest absolute Gasteiger partial charge is 0.446 e. The van der Waals surface area contributed by atoms with Gasteiger partial charge in [-0.15, -0.1) is 0 Å². The van der Waals surface area contributed by atoms with Gasteiger partial charge in [-0.3, -0.25) is 9.59 Å². The second kappa shape index (κ2) is 22.0. The smallest absolute Gasteiger partial charge is 0.418 e. The zero-order valence-electron chi connectivity index (χ0n) is 44.0. The number of rotatable bonds is 14. The van der Waals surface area contributed by atoms with Crippen LogP contribution in [0.3, 0.4) is 0 Å². The average molecular weight is 1060 g/mol. The molecule has 0 radical (unpaired) electrons. The summed E-state index contributed by atoms with van der Waals surface area (Å²) in [5, 5.41) is 1.08. The number of carbonyl (C=O) groups is 4. The minimum absolute atomic E-state index is 0.00817. The molecule has 2 unspecified atom stereocenters. The van der Waals surface area contributed by atoms with E-state index >= 15 is 0 Å². The molecule has 10 rings (SSSR count). The summed E-state index contributed by atoms with van der Waals surface area (Å²) in [6.07, 6.45) is 1.59. The first-order chi connectivity index (χ1) is 36.7. The fourth-order valence-electron chi connectivity index (χ4n) is 13.2. The van der Waals surface area contributed by atoms with Gasteiger partial charge in [-0.25, -0.2) is 9.59 Å². The summed E-state index contributed by atoms with van der Waals surface area (Å²) in [5.41, 5.74) is 1.25. The van der Waals surface area contributed by atoms with Crippen molar-refractivity contribution in [2.45, 2.75) is 87.5 Å². The first kappa shape index (κ1) is 53.1. The van der Waals surface area contributed by atoms with Crippen LogP contribution < -0.4 is 0 Å². The highest BCUT2D eigenvalue weighted by molar-refractivity contribution is 6.31. The highest BCUT2D eigenvalue weighted by Gasteiger charge is 2.59. The number of ether oxygens (including phenoxy) is 2. The molecule has 4 aliphatic heterocycles. The number of likely N-dealkylation sites (tertiary alicyclic amines) is 4. The van der Waals surface area contributed by atoms with Gasteiger partial charge in [0, 0.05) is 112 Å². The maximum absolute atomic E-state index is 14.9. The van der Waals surface area contributed by atoms with Crippen LogP contribution in [0.1, 0.15) is 86.8 Å². The van der Waals surface area contributed by atoms with Gasteiger partial charge in [0.25, 0.3) is 0 Å². The predicted octanol–water partition coefficient (Wildman–Crippen LogP) is 11.1. The van der Waals surface area contributed by atoms with Crippen molar-refractivity contribution >= 4 is 47.0 Å². The molecule has 12 heteroatoms. The average Bonchev–Trinajstić information content (AvgIpc) is 3.92. The first-order valence-corrected chi connectivity index (χ1v) is 27.7. The quantitative estimate of drug-likeness (QED) is 0.0786. The maximum Gasteiger partial charge on any atom is 0.418 e. The van der Waals surface area contributed by atoms with E-state index in [1.54, 1.807) is 24.3 Å². The monoisotopic (exact) mass is 1060 g/mol. The maximum atomic E-state index is 14.9. The Hall–Kier alpha value is -6.30. The van der Waals surface area contributed by atoms with Crippen LogP contribution in [0.15, 0.2) is 170 Å². The van der Waals surface area contributed by atoms with Crippen molar-refractivity contribution in [1.82, 2.24) is 19.6 Å². The van der Waals surface area contributed by atoms with E-state index in [1.165, 1.54) is 0 Å². The summed E-state index contributed by atoms with van der Waals surface area (Å²) in [4.78, 5) is 67.7. The molecule has 4 fully saturated rings. The molecule has 6 aromatic carbocycles. The lowest BCUT2D eigenvalue weighted by atomic mass is 9.66. The summed E-state index contributed by atoms with van der Waals surface area (Å²) in [5.74, 6) is -2.10. The van der Waals surface area contributed by atoms with E-state index in [2.05, 4.69) is 86.0 Å². The number of nitrogens with zero attached hydrogens (tertiary/aromatic N) is 4. The molecule has 2 atom stereocenters. The van der Waals surface area contributed by atoms with E-state index in [0.717, 1.165) is 33.4 Å². The molecule has 0 bridgehead atoms. The molecule has 4 saturated heterocycles. The molecule has 76 heavy (non-hydrogen) atoms. The Morgan fingerprint density at radius 2 is 0.724 bits per heavy atom. The normalized spacial score (nSPS) is 21.3. The Balaban J connectivity index is 0.888. The molecular formula is C64H68Cl2N4O6. The summed E-state index contributed by atoms with van der Waals surface area (Å²) >= 11 is 12.9. The van der Waals surface area contributed by atoms with Crippen LogP contribution in [0.4, 0.5) is 0 Å². The van der Waals surface area contributed by atoms with Crippen LogP contribution in [0.5, 0.6) is 0 Å². The fourth-order valence-corrected chi connectivity index (χ4v) is 13.5. The van der Waals surface area contributed by atoms with Crippen molar-refractivity contribution in [2.24, 2.45) is 11.8 Å². The van der Waals surface area contributed by atoms with E-state index < -0.39 is 34.0 Å². The minimum atomic E-state index is -1.16. The SMILES string of the molecule is CC(C)N1CC(CN2CCC(OC(=O)C(=O)OC3(c4ccc(Cl)cc4)CCN(CC4CN(C(C)C)C(=O)C4(c4ccccc4)c4ccccc4)CC3)(c3ccc(Cl)cc3)CC2)C(c2ccccc2)(c2ccccc2)C1=O.